The highest BCUT2D eigenvalue weighted by molar-refractivity contribution is 6.34. The molecule has 0 heterocycles. The fourth-order valence-corrected chi connectivity index (χ4v) is 1.56. The van der Waals surface area contributed by atoms with Gasteiger partial charge in [-0.3, -0.25) is 14.4 Å². The Balaban J connectivity index is 2.65. The van der Waals surface area contributed by atoms with Gasteiger partial charge in [-0.05, 0) is 18.2 Å². The van der Waals surface area contributed by atoms with Crippen LogP contribution in [0.1, 0.15) is 19.8 Å². The normalized spacial score (nSPS) is 9.79. The first kappa shape index (κ1) is 15.0. The van der Waals surface area contributed by atoms with Crippen molar-refractivity contribution in [2.75, 3.05) is 10.6 Å². The first-order valence-corrected chi connectivity index (χ1v) is 5.85. The number of carboxylic acid groups (broad SMARTS) is 1. The third-order valence-electron chi connectivity index (χ3n) is 2.13. The molecule has 0 aliphatic heterocycles. The Morgan fingerprint density at radius 2 is 1.89 bits per heavy atom. The van der Waals surface area contributed by atoms with Crippen LogP contribution in [0.4, 0.5) is 11.4 Å². The fraction of sp³-hybridized carbons (Fsp3) is 0.250. The topological polar surface area (TPSA) is 95.5 Å². The molecule has 0 spiro atoms. The SMILES string of the molecule is CC(=O)Nc1ccc(NC(=O)CCC(=O)O)cc1Cl. The van der Waals surface area contributed by atoms with Gasteiger partial charge in [0.15, 0.2) is 0 Å². The van der Waals surface area contributed by atoms with Crippen LogP contribution in [0.15, 0.2) is 18.2 Å². The van der Waals surface area contributed by atoms with Crippen molar-refractivity contribution < 1.29 is 19.5 Å². The van der Waals surface area contributed by atoms with Crippen LogP contribution >= 0.6 is 11.6 Å². The number of aliphatic carboxylic acids is 1. The largest absolute Gasteiger partial charge is 0.481 e. The second-order valence-electron chi connectivity index (χ2n) is 3.82. The van der Waals surface area contributed by atoms with Crippen LogP contribution in [0.5, 0.6) is 0 Å². The molecule has 19 heavy (non-hydrogen) atoms. The number of anilines is 2. The molecule has 1 aromatic rings. The molecule has 0 atom stereocenters. The quantitative estimate of drug-likeness (QED) is 0.771. The van der Waals surface area contributed by atoms with Gasteiger partial charge in [-0.25, -0.2) is 0 Å². The summed E-state index contributed by atoms with van der Waals surface area (Å²) in [6.45, 7) is 1.36. The number of hydrogen-bond donors (Lipinski definition) is 3. The van der Waals surface area contributed by atoms with E-state index in [1.807, 2.05) is 0 Å². The van der Waals surface area contributed by atoms with Crippen molar-refractivity contribution in [1.29, 1.82) is 0 Å². The molecule has 0 bridgehead atoms. The number of amides is 2. The second-order valence-corrected chi connectivity index (χ2v) is 4.22. The van der Waals surface area contributed by atoms with E-state index in [0.29, 0.717) is 11.4 Å². The minimum atomic E-state index is -1.03. The van der Waals surface area contributed by atoms with E-state index in [1.165, 1.54) is 13.0 Å². The number of benzene rings is 1. The van der Waals surface area contributed by atoms with Crippen LogP contribution in [-0.4, -0.2) is 22.9 Å². The predicted octanol–water partition coefficient (Wildman–Crippen LogP) is 2.10. The summed E-state index contributed by atoms with van der Waals surface area (Å²) in [5.74, 6) is -1.69. The summed E-state index contributed by atoms with van der Waals surface area (Å²) in [4.78, 5) is 32.6. The molecular formula is C12H13ClN2O4. The van der Waals surface area contributed by atoms with Gasteiger partial charge in [0.1, 0.15) is 0 Å². The van der Waals surface area contributed by atoms with Crippen molar-refractivity contribution in [3.05, 3.63) is 23.2 Å². The number of carbonyl (C=O) groups excluding carboxylic acids is 2. The van der Waals surface area contributed by atoms with E-state index < -0.39 is 11.9 Å². The third-order valence-corrected chi connectivity index (χ3v) is 2.44. The van der Waals surface area contributed by atoms with E-state index in [4.69, 9.17) is 16.7 Å². The van der Waals surface area contributed by atoms with Gasteiger partial charge in [0.25, 0.3) is 0 Å². The van der Waals surface area contributed by atoms with Crippen molar-refractivity contribution >= 4 is 40.8 Å². The van der Waals surface area contributed by atoms with E-state index in [2.05, 4.69) is 10.6 Å². The van der Waals surface area contributed by atoms with Crippen LogP contribution in [0.3, 0.4) is 0 Å². The molecule has 3 N–H and O–H groups in total. The van der Waals surface area contributed by atoms with Gasteiger partial charge in [0.05, 0.1) is 17.1 Å². The average molecular weight is 285 g/mol. The number of carboxylic acids is 1. The molecule has 0 fully saturated rings. The maximum atomic E-state index is 11.4. The zero-order chi connectivity index (χ0) is 14.4. The predicted molar refractivity (Wildman–Crippen MR) is 71.3 cm³/mol. The number of rotatable bonds is 5. The first-order valence-electron chi connectivity index (χ1n) is 5.47. The smallest absolute Gasteiger partial charge is 0.303 e. The Bertz CT molecular complexity index is 516. The standard InChI is InChI=1S/C12H13ClN2O4/c1-7(16)14-10-3-2-8(6-9(10)13)15-11(17)4-5-12(18)19/h2-3,6H,4-5H2,1H3,(H,14,16)(H,15,17)(H,18,19). The van der Waals surface area contributed by atoms with E-state index in [9.17, 15) is 14.4 Å². The van der Waals surface area contributed by atoms with Crippen molar-refractivity contribution in [2.45, 2.75) is 19.8 Å². The average Bonchev–Trinajstić information content (AvgIpc) is 2.29. The molecule has 0 radical (unpaired) electrons. The third kappa shape index (κ3) is 5.39. The van der Waals surface area contributed by atoms with Crippen molar-refractivity contribution in [3.63, 3.8) is 0 Å². The zero-order valence-electron chi connectivity index (χ0n) is 10.2. The molecule has 102 valence electrons. The van der Waals surface area contributed by atoms with Crippen LogP contribution in [0.25, 0.3) is 0 Å². The van der Waals surface area contributed by atoms with E-state index in [0.717, 1.165) is 0 Å². The van der Waals surface area contributed by atoms with Crippen molar-refractivity contribution in [3.8, 4) is 0 Å². The molecule has 2 amide bonds. The summed E-state index contributed by atoms with van der Waals surface area (Å²) in [5, 5.41) is 13.8. The molecule has 0 saturated heterocycles. The van der Waals surface area contributed by atoms with Crippen molar-refractivity contribution in [1.82, 2.24) is 0 Å². The molecule has 0 unspecified atom stereocenters. The molecular weight excluding hydrogens is 272 g/mol. The Morgan fingerprint density at radius 3 is 2.42 bits per heavy atom. The van der Waals surface area contributed by atoms with Crippen LogP contribution in [0.2, 0.25) is 5.02 Å². The van der Waals surface area contributed by atoms with Gasteiger partial charge in [-0.1, -0.05) is 11.6 Å². The maximum Gasteiger partial charge on any atom is 0.303 e. The Hall–Kier alpha value is -2.08. The highest BCUT2D eigenvalue weighted by Gasteiger charge is 2.08. The number of hydrogen-bond acceptors (Lipinski definition) is 3. The lowest BCUT2D eigenvalue weighted by Gasteiger charge is -2.08. The summed E-state index contributed by atoms with van der Waals surface area (Å²) in [6, 6.07) is 4.60. The highest BCUT2D eigenvalue weighted by Crippen LogP contribution is 2.25. The van der Waals surface area contributed by atoms with Gasteiger partial charge in [0, 0.05) is 19.0 Å². The second kappa shape index (κ2) is 6.75. The minimum absolute atomic E-state index is 0.111. The molecule has 6 nitrogen and oxygen atoms in total. The summed E-state index contributed by atoms with van der Waals surface area (Å²) >= 11 is 5.92. The zero-order valence-corrected chi connectivity index (χ0v) is 11.0. The molecule has 0 aliphatic rings. The molecule has 0 aromatic heterocycles. The van der Waals surface area contributed by atoms with Crippen molar-refractivity contribution in [2.24, 2.45) is 0 Å². The molecule has 1 rings (SSSR count). The first-order chi connectivity index (χ1) is 8.88. The monoisotopic (exact) mass is 284 g/mol. The lowest BCUT2D eigenvalue weighted by atomic mass is 10.2. The fourth-order valence-electron chi connectivity index (χ4n) is 1.33. The summed E-state index contributed by atoms with van der Waals surface area (Å²) in [6.07, 6.45) is -0.343. The number of carbonyl (C=O) groups is 3. The summed E-state index contributed by atoms with van der Waals surface area (Å²) in [7, 11) is 0. The van der Waals surface area contributed by atoms with Gasteiger partial charge < -0.3 is 15.7 Å². The lowest BCUT2D eigenvalue weighted by Crippen LogP contribution is -2.13. The number of halogens is 1. The minimum Gasteiger partial charge on any atom is -0.481 e. The number of nitrogens with one attached hydrogen (secondary N) is 2. The van der Waals surface area contributed by atoms with E-state index >= 15 is 0 Å². The van der Waals surface area contributed by atoms with Crippen LogP contribution in [-0.2, 0) is 14.4 Å². The Labute approximate surface area is 114 Å². The molecule has 7 heteroatoms. The summed E-state index contributed by atoms with van der Waals surface area (Å²) < 4.78 is 0. The highest BCUT2D eigenvalue weighted by atomic mass is 35.5. The molecule has 1 aromatic carbocycles. The van der Waals surface area contributed by atoms with Gasteiger partial charge in [-0.15, -0.1) is 0 Å². The van der Waals surface area contributed by atoms with E-state index in [-0.39, 0.29) is 23.8 Å². The Morgan fingerprint density at radius 1 is 1.21 bits per heavy atom. The Kier molecular flexibility index (Phi) is 5.32. The van der Waals surface area contributed by atoms with Gasteiger partial charge in [0.2, 0.25) is 11.8 Å². The van der Waals surface area contributed by atoms with E-state index in [1.54, 1.807) is 12.1 Å². The lowest BCUT2D eigenvalue weighted by molar-refractivity contribution is -0.138. The van der Waals surface area contributed by atoms with Gasteiger partial charge in [-0.2, -0.15) is 0 Å². The maximum absolute atomic E-state index is 11.4. The van der Waals surface area contributed by atoms with Crippen LogP contribution < -0.4 is 10.6 Å². The summed E-state index contributed by atoms with van der Waals surface area (Å²) in [5.41, 5.74) is 0.882. The van der Waals surface area contributed by atoms with Crippen LogP contribution in [0, 0.1) is 0 Å². The molecule has 0 aliphatic carbocycles. The van der Waals surface area contributed by atoms with Gasteiger partial charge >= 0.3 is 5.97 Å². The molecule has 0 saturated carbocycles.